The maximum Gasteiger partial charge on any atom is 0.308 e. The van der Waals surface area contributed by atoms with E-state index in [1.807, 2.05) is 6.92 Å². The van der Waals surface area contributed by atoms with Crippen LogP contribution in [0.2, 0.25) is 0 Å². The van der Waals surface area contributed by atoms with E-state index in [0.717, 1.165) is 5.56 Å². The number of carbonyl (C=O) groups is 1. The molecule has 0 aromatic heterocycles. The Morgan fingerprint density at radius 1 is 1.58 bits per heavy atom. The molecule has 0 aliphatic carbocycles. The smallest absolute Gasteiger partial charge is 0.308 e. The van der Waals surface area contributed by atoms with E-state index in [9.17, 15) is 14.3 Å². The number of aryl methyl sites for hydroxylation is 1. The number of rotatable bonds is 6. The molecule has 1 atom stereocenters. The van der Waals surface area contributed by atoms with E-state index in [0.29, 0.717) is 10.2 Å². The molecule has 1 aromatic rings. The highest BCUT2D eigenvalue weighted by molar-refractivity contribution is 9.10. The lowest BCUT2D eigenvalue weighted by molar-refractivity contribution is -0.145. The number of nitrogens with one attached hydrogen (secondary N) is 1. The lowest BCUT2D eigenvalue weighted by Gasteiger charge is -2.14. The molecule has 0 aliphatic heterocycles. The Labute approximate surface area is 120 Å². The Hall–Kier alpha value is -1.14. The average molecular weight is 334 g/mol. The zero-order valence-corrected chi connectivity index (χ0v) is 12.5. The summed E-state index contributed by atoms with van der Waals surface area (Å²) >= 11 is 3.10. The Bertz CT molecular complexity index is 454. The molecule has 1 aromatic carbocycles. The van der Waals surface area contributed by atoms with Gasteiger partial charge in [0.1, 0.15) is 5.82 Å². The van der Waals surface area contributed by atoms with Gasteiger partial charge in [0.25, 0.3) is 0 Å². The number of halogens is 2. The number of aliphatic hydroxyl groups excluding tert-OH is 1. The largest absolute Gasteiger partial charge is 0.466 e. The number of aliphatic hydroxyl groups is 1. The minimum Gasteiger partial charge on any atom is -0.466 e. The second-order valence-electron chi connectivity index (χ2n) is 4.13. The number of ether oxygens (including phenoxy) is 1. The summed E-state index contributed by atoms with van der Waals surface area (Å²) in [5.41, 5.74) is 1.43. The molecular formula is C13H17BrFNO3. The van der Waals surface area contributed by atoms with Crippen molar-refractivity contribution in [2.24, 2.45) is 0 Å². The van der Waals surface area contributed by atoms with Gasteiger partial charge in [-0.25, -0.2) is 4.39 Å². The van der Waals surface area contributed by atoms with Crippen molar-refractivity contribution in [2.45, 2.75) is 26.4 Å². The third-order valence-electron chi connectivity index (χ3n) is 2.50. The number of anilines is 1. The van der Waals surface area contributed by atoms with Gasteiger partial charge in [-0.05, 0) is 47.5 Å². The molecule has 0 heterocycles. The molecule has 1 unspecified atom stereocenters. The molecule has 1 rings (SSSR count). The predicted octanol–water partition coefficient (Wildman–Crippen LogP) is 2.62. The van der Waals surface area contributed by atoms with E-state index in [-0.39, 0.29) is 25.4 Å². The monoisotopic (exact) mass is 333 g/mol. The average Bonchev–Trinajstić information content (AvgIpc) is 2.32. The normalized spacial score (nSPS) is 12.1. The van der Waals surface area contributed by atoms with E-state index in [1.165, 1.54) is 6.07 Å². The molecule has 0 aliphatic rings. The highest BCUT2D eigenvalue weighted by Crippen LogP contribution is 2.23. The zero-order chi connectivity index (χ0) is 14.4. The number of esters is 1. The summed E-state index contributed by atoms with van der Waals surface area (Å²) in [6.07, 6.45) is -0.955. The van der Waals surface area contributed by atoms with Crippen molar-refractivity contribution >= 4 is 27.6 Å². The van der Waals surface area contributed by atoms with E-state index in [1.54, 1.807) is 13.0 Å². The van der Waals surface area contributed by atoms with Crippen LogP contribution in [0.25, 0.3) is 0 Å². The van der Waals surface area contributed by atoms with E-state index in [2.05, 4.69) is 21.2 Å². The first-order valence-electron chi connectivity index (χ1n) is 5.97. The Kier molecular flexibility index (Phi) is 6.24. The minimum absolute atomic E-state index is 0.0844. The molecule has 0 amide bonds. The lowest BCUT2D eigenvalue weighted by Crippen LogP contribution is -2.24. The van der Waals surface area contributed by atoms with Crippen molar-refractivity contribution in [3.05, 3.63) is 28.0 Å². The van der Waals surface area contributed by atoms with Crippen LogP contribution in [0.4, 0.5) is 10.1 Å². The van der Waals surface area contributed by atoms with Gasteiger partial charge in [0.05, 0.1) is 23.6 Å². The summed E-state index contributed by atoms with van der Waals surface area (Å²) < 4.78 is 18.5. The number of hydrogen-bond donors (Lipinski definition) is 2. The van der Waals surface area contributed by atoms with E-state index in [4.69, 9.17) is 4.74 Å². The molecule has 0 saturated carbocycles. The first-order chi connectivity index (χ1) is 8.93. The van der Waals surface area contributed by atoms with Crippen molar-refractivity contribution in [2.75, 3.05) is 18.5 Å². The second-order valence-corrected chi connectivity index (χ2v) is 4.98. The molecule has 4 nitrogen and oxygen atoms in total. The first kappa shape index (κ1) is 15.9. The van der Waals surface area contributed by atoms with Crippen molar-refractivity contribution in [3.8, 4) is 0 Å². The van der Waals surface area contributed by atoms with E-state index >= 15 is 0 Å². The molecule has 0 saturated heterocycles. The standard InChI is InChI=1S/C13H17BrFNO3/c1-3-19-13(18)5-9(17)7-16-12-6-11(15)10(14)4-8(12)2/h4,6,9,16-17H,3,5,7H2,1-2H3. The molecule has 0 fully saturated rings. The highest BCUT2D eigenvalue weighted by atomic mass is 79.9. The highest BCUT2D eigenvalue weighted by Gasteiger charge is 2.12. The van der Waals surface area contributed by atoms with Crippen LogP contribution in [0.1, 0.15) is 18.9 Å². The molecule has 0 radical (unpaired) electrons. The van der Waals surface area contributed by atoms with Gasteiger partial charge in [-0.15, -0.1) is 0 Å². The summed E-state index contributed by atoms with van der Waals surface area (Å²) in [6.45, 7) is 3.97. The van der Waals surface area contributed by atoms with Gasteiger partial charge in [0, 0.05) is 12.2 Å². The Morgan fingerprint density at radius 3 is 2.89 bits per heavy atom. The summed E-state index contributed by atoms with van der Waals surface area (Å²) in [4.78, 5) is 11.2. The number of hydrogen-bond acceptors (Lipinski definition) is 4. The fourth-order valence-electron chi connectivity index (χ4n) is 1.55. The van der Waals surface area contributed by atoms with Crippen LogP contribution in [0.3, 0.4) is 0 Å². The molecular weight excluding hydrogens is 317 g/mol. The molecule has 0 spiro atoms. The van der Waals surface area contributed by atoms with Crippen LogP contribution in [-0.2, 0) is 9.53 Å². The Balaban J connectivity index is 2.52. The van der Waals surface area contributed by atoms with Crippen LogP contribution in [0.15, 0.2) is 16.6 Å². The second kappa shape index (κ2) is 7.45. The molecule has 106 valence electrons. The minimum atomic E-state index is -0.870. The zero-order valence-electron chi connectivity index (χ0n) is 10.9. The van der Waals surface area contributed by atoms with Crippen molar-refractivity contribution in [1.29, 1.82) is 0 Å². The summed E-state index contributed by atoms with van der Waals surface area (Å²) in [5.74, 6) is -0.830. The van der Waals surface area contributed by atoms with Crippen LogP contribution in [0, 0.1) is 12.7 Å². The lowest BCUT2D eigenvalue weighted by atomic mass is 10.2. The maximum atomic E-state index is 13.4. The topological polar surface area (TPSA) is 58.6 Å². The fourth-order valence-corrected chi connectivity index (χ4v) is 2.01. The van der Waals surface area contributed by atoms with Gasteiger partial charge in [-0.2, -0.15) is 0 Å². The van der Waals surface area contributed by atoms with Crippen LogP contribution in [0.5, 0.6) is 0 Å². The third-order valence-corrected chi connectivity index (χ3v) is 3.11. The van der Waals surface area contributed by atoms with Gasteiger partial charge in [-0.3, -0.25) is 4.79 Å². The van der Waals surface area contributed by atoms with Crippen molar-refractivity contribution < 1.29 is 19.0 Å². The fraction of sp³-hybridized carbons (Fsp3) is 0.462. The number of carbonyl (C=O) groups excluding carboxylic acids is 1. The van der Waals surface area contributed by atoms with Crippen LogP contribution < -0.4 is 5.32 Å². The quantitative estimate of drug-likeness (QED) is 0.786. The molecule has 6 heteroatoms. The third kappa shape index (κ3) is 5.16. The van der Waals surface area contributed by atoms with Gasteiger partial charge >= 0.3 is 5.97 Å². The number of benzene rings is 1. The summed E-state index contributed by atoms with van der Waals surface area (Å²) in [7, 11) is 0. The summed E-state index contributed by atoms with van der Waals surface area (Å²) in [6, 6.07) is 2.99. The summed E-state index contributed by atoms with van der Waals surface area (Å²) in [5, 5.41) is 12.6. The molecule has 0 bridgehead atoms. The van der Waals surface area contributed by atoms with Crippen LogP contribution in [-0.4, -0.2) is 30.3 Å². The van der Waals surface area contributed by atoms with Crippen LogP contribution >= 0.6 is 15.9 Å². The first-order valence-corrected chi connectivity index (χ1v) is 6.76. The van der Waals surface area contributed by atoms with Crippen molar-refractivity contribution in [3.63, 3.8) is 0 Å². The van der Waals surface area contributed by atoms with Crippen molar-refractivity contribution in [1.82, 2.24) is 0 Å². The molecule has 19 heavy (non-hydrogen) atoms. The van der Waals surface area contributed by atoms with E-state index < -0.39 is 12.1 Å². The SMILES string of the molecule is CCOC(=O)CC(O)CNc1cc(F)c(Br)cc1C. The maximum absolute atomic E-state index is 13.4. The van der Waals surface area contributed by atoms with Gasteiger partial charge in [0.2, 0.25) is 0 Å². The predicted molar refractivity (Wildman–Crippen MR) is 74.6 cm³/mol. The van der Waals surface area contributed by atoms with Gasteiger partial charge in [0.15, 0.2) is 0 Å². The Morgan fingerprint density at radius 2 is 2.26 bits per heavy atom. The van der Waals surface area contributed by atoms with Gasteiger partial charge < -0.3 is 15.2 Å². The van der Waals surface area contributed by atoms with Gasteiger partial charge in [-0.1, -0.05) is 0 Å². The molecule has 2 N–H and O–H groups in total.